The number of nitrogens with two attached hydrogens (primary N) is 1. The summed E-state index contributed by atoms with van der Waals surface area (Å²) in [6, 6.07) is 3.24. The molecule has 2 heterocycles. The minimum atomic E-state index is -5.30. The van der Waals surface area contributed by atoms with Crippen molar-refractivity contribution in [3.05, 3.63) is 52.1 Å². The van der Waals surface area contributed by atoms with E-state index in [0.29, 0.717) is 4.90 Å². The maximum Gasteiger partial charge on any atom is 0.471 e. The van der Waals surface area contributed by atoms with Crippen LogP contribution < -0.4 is 53.4 Å². The van der Waals surface area contributed by atoms with Gasteiger partial charge in [0.25, 0.3) is 11.5 Å². The van der Waals surface area contributed by atoms with E-state index in [1.807, 2.05) is 0 Å². The number of H-pyrrole nitrogens is 1. The Hall–Kier alpha value is -7.39. The number of carbonyl (C=O) groups excluding carboxylic acids is 8. The number of aromatic nitrogens is 4. The Balaban J connectivity index is 1.34. The van der Waals surface area contributed by atoms with Crippen LogP contribution in [0.15, 0.2) is 35.3 Å². The van der Waals surface area contributed by atoms with Crippen molar-refractivity contribution in [3.63, 3.8) is 0 Å². The van der Waals surface area contributed by atoms with E-state index in [1.54, 1.807) is 0 Å². The van der Waals surface area contributed by atoms with Gasteiger partial charge in [0.15, 0.2) is 11.2 Å². The molecule has 328 valence electrons. The molecule has 0 aliphatic heterocycles. The number of aliphatic carboxylic acids is 1. The molecule has 0 spiro atoms. The third-order valence-corrected chi connectivity index (χ3v) is 8.01. The number of rotatable bonds is 21. The van der Waals surface area contributed by atoms with Crippen LogP contribution in [0.1, 0.15) is 28.9 Å². The molecule has 1 atom stereocenters. The molecular weight excluding hydrogens is 844 g/mol. The van der Waals surface area contributed by atoms with Gasteiger partial charge in [0.05, 0.1) is 51.2 Å². The fourth-order valence-electron chi connectivity index (χ4n) is 4.65. The lowest BCUT2D eigenvalue weighted by Crippen LogP contribution is -2.48. The lowest BCUT2D eigenvalue weighted by atomic mass is 10.1. The van der Waals surface area contributed by atoms with E-state index in [1.165, 1.54) is 0 Å². The van der Waals surface area contributed by atoms with Crippen LogP contribution >= 0.6 is 12.6 Å². The maximum absolute atomic E-state index is 13.5. The third-order valence-electron chi connectivity index (χ3n) is 7.65. The molecule has 3 rings (SSSR count). The largest absolute Gasteiger partial charge is 0.480 e. The van der Waals surface area contributed by atoms with Crippen LogP contribution in [0.2, 0.25) is 0 Å². The number of alkyl halides is 3. The molecule has 28 heteroatoms. The number of nitrogens with zero attached hydrogens (tertiary/aromatic N) is 4. The molecule has 0 fully saturated rings. The topological polar surface area (TPSA) is 359 Å². The van der Waals surface area contributed by atoms with Crippen LogP contribution in [0.25, 0.3) is 11.2 Å². The summed E-state index contributed by atoms with van der Waals surface area (Å²) in [4.78, 5) is 134. The van der Waals surface area contributed by atoms with E-state index in [9.17, 15) is 61.1 Å². The second-order valence-electron chi connectivity index (χ2n) is 12.3. The van der Waals surface area contributed by atoms with Gasteiger partial charge in [0.1, 0.15) is 6.04 Å². The van der Waals surface area contributed by atoms with Crippen molar-refractivity contribution >= 4 is 88.7 Å². The summed E-state index contributed by atoms with van der Waals surface area (Å²) in [5, 5.41) is 24.6. The molecule has 2 aromatic heterocycles. The number of fused-ring (bicyclic) bond motifs is 1. The number of carboxylic acids is 1. The zero-order chi connectivity index (χ0) is 45.3. The van der Waals surface area contributed by atoms with Gasteiger partial charge in [-0.2, -0.15) is 30.8 Å². The van der Waals surface area contributed by atoms with Crippen LogP contribution in [0.5, 0.6) is 0 Å². The van der Waals surface area contributed by atoms with Gasteiger partial charge in [-0.25, -0.2) is 14.8 Å². The molecule has 0 saturated carbocycles. The van der Waals surface area contributed by atoms with Crippen molar-refractivity contribution in [1.82, 2.24) is 57.2 Å². The highest BCUT2D eigenvalue weighted by Crippen LogP contribution is 2.26. The summed E-state index contributed by atoms with van der Waals surface area (Å²) >= 11 is 3.78. The first-order valence-electron chi connectivity index (χ1n) is 17.5. The maximum atomic E-state index is 13.5. The van der Waals surface area contributed by atoms with Crippen molar-refractivity contribution in [1.29, 1.82) is 0 Å². The molecule has 0 bridgehead atoms. The Morgan fingerprint density at radius 1 is 0.787 bits per heavy atom. The molecule has 1 aromatic carbocycles. The van der Waals surface area contributed by atoms with Crippen LogP contribution in [0.3, 0.4) is 0 Å². The van der Waals surface area contributed by atoms with E-state index in [-0.39, 0.29) is 59.2 Å². The lowest BCUT2D eigenvalue weighted by molar-refractivity contribution is -0.170. The molecule has 0 aliphatic rings. The Bertz CT molecular complexity index is 2210. The number of amides is 8. The molecule has 0 aliphatic carbocycles. The fourth-order valence-corrected chi connectivity index (χ4v) is 4.90. The fraction of sp³-hybridized carbons (Fsp3) is 0.364. The zero-order valence-electron chi connectivity index (χ0n) is 31.5. The van der Waals surface area contributed by atoms with Crippen LogP contribution in [0.4, 0.5) is 24.8 Å². The molecule has 3 aromatic rings. The third kappa shape index (κ3) is 16.1. The second-order valence-corrected chi connectivity index (χ2v) is 12.7. The van der Waals surface area contributed by atoms with Gasteiger partial charge in [0.2, 0.25) is 41.4 Å². The molecule has 0 saturated heterocycles. The van der Waals surface area contributed by atoms with Gasteiger partial charge in [-0.3, -0.25) is 53.0 Å². The average Bonchev–Trinajstić information content (AvgIpc) is 3.21. The molecular formula is C33H38F3N13O11S. The number of anilines is 2. The van der Waals surface area contributed by atoms with E-state index in [2.05, 4.69) is 69.8 Å². The van der Waals surface area contributed by atoms with Gasteiger partial charge in [0, 0.05) is 30.0 Å². The number of carboxylic acid groups (broad SMARTS) is 1. The smallest absolute Gasteiger partial charge is 0.471 e. The van der Waals surface area contributed by atoms with E-state index in [0.717, 1.165) is 30.5 Å². The van der Waals surface area contributed by atoms with Crippen molar-refractivity contribution in [3.8, 4) is 0 Å². The van der Waals surface area contributed by atoms with Crippen molar-refractivity contribution in [2.24, 2.45) is 0 Å². The highest BCUT2D eigenvalue weighted by atomic mass is 32.1. The Morgan fingerprint density at radius 3 is 1.82 bits per heavy atom. The summed E-state index contributed by atoms with van der Waals surface area (Å²) in [5.74, 6) is -9.18. The first-order valence-corrected chi connectivity index (χ1v) is 18.2. The number of hydrogen-bond acceptors (Lipinski definition) is 15. The first kappa shape index (κ1) is 48.0. The Kier molecular flexibility index (Phi) is 17.8. The number of hydrogen-bond donors (Lipinski definition) is 11. The highest BCUT2D eigenvalue weighted by molar-refractivity contribution is 7.80. The normalized spacial score (nSPS) is 11.3. The molecule has 0 radical (unpaired) electrons. The predicted octanol–water partition coefficient (Wildman–Crippen LogP) is -4.02. The van der Waals surface area contributed by atoms with Gasteiger partial charge >= 0.3 is 18.1 Å². The Labute approximate surface area is 346 Å². The summed E-state index contributed by atoms with van der Waals surface area (Å²) in [5.41, 5.74) is 3.72. The van der Waals surface area contributed by atoms with Crippen molar-refractivity contribution in [2.75, 3.05) is 55.7 Å². The summed E-state index contributed by atoms with van der Waals surface area (Å²) in [6.07, 6.45) is -4.32. The SMILES string of the molecule is Nc1nc2ncc(CN(C(=O)C(F)(F)F)c3ccc(C(=O)NCCCC(=O)NCC(=O)NCC(=O)NCC(=O)NCC(=O)NCC(=O)NC(CS)C(=O)O)cc3)nc2c(=O)[nH]1. The van der Waals surface area contributed by atoms with E-state index < -0.39 is 110 Å². The minimum absolute atomic E-state index is 0.000142. The Morgan fingerprint density at radius 2 is 1.31 bits per heavy atom. The number of thiol groups is 1. The number of carbonyl (C=O) groups is 9. The first-order chi connectivity index (χ1) is 28.8. The number of halogens is 3. The number of nitrogens with one attached hydrogen (secondary N) is 8. The predicted molar refractivity (Wildman–Crippen MR) is 206 cm³/mol. The quantitative estimate of drug-likeness (QED) is 0.0359. The molecule has 8 amide bonds. The summed E-state index contributed by atoms with van der Waals surface area (Å²) < 4.78 is 40.6. The lowest BCUT2D eigenvalue weighted by Gasteiger charge is -2.23. The summed E-state index contributed by atoms with van der Waals surface area (Å²) in [7, 11) is 0. The minimum Gasteiger partial charge on any atom is -0.480 e. The van der Waals surface area contributed by atoms with Crippen molar-refractivity contribution in [2.45, 2.75) is 31.6 Å². The van der Waals surface area contributed by atoms with Gasteiger partial charge in [-0.15, -0.1) is 0 Å². The van der Waals surface area contributed by atoms with E-state index >= 15 is 0 Å². The summed E-state index contributed by atoms with van der Waals surface area (Å²) in [6.45, 7) is -3.58. The molecule has 11 N–H and O–H groups in total. The van der Waals surface area contributed by atoms with Crippen LogP contribution in [-0.2, 0) is 44.9 Å². The van der Waals surface area contributed by atoms with Gasteiger partial charge in [-0.1, -0.05) is 0 Å². The standard InChI is InChI=1S/C33H38F3N13O11S/c34-33(35,36)31(60)49(14-17-8-44-27-26(45-17)29(57)48-32(37)47-27)18-5-3-16(4-6-18)28(56)38-7-1-2-20(50)39-9-21(51)40-10-22(52)41-11-23(53)42-12-24(54)43-13-25(55)46-19(15-61)30(58)59/h3-6,8,19,61H,1-2,7,9-15H2,(H,38,56)(H,39,50)(H,40,51)(H,41,52)(H,42,53)(H,43,54)(H,46,55)(H,58,59)(H3,37,44,47,48,57). The van der Waals surface area contributed by atoms with Crippen LogP contribution in [0, 0.1) is 0 Å². The molecule has 24 nitrogen and oxygen atoms in total. The van der Waals surface area contributed by atoms with E-state index in [4.69, 9.17) is 10.8 Å². The number of aromatic amines is 1. The van der Waals surface area contributed by atoms with Crippen molar-refractivity contribution < 1.29 is 61.4 Å². The monoisotopic (exact) mass is 881 g/mol. The average molecular weight is 882 g/mol. The number of benzene rings is 1. The van der Waals surface area contributed by atoms with Gasteiger partial charge in [-0.05, 0) is 30.7 Å². The second kappa shape index (κ2) is 22.7. The molecule has 1 unspecified atom stereocenters. The zero-order valence-corrected chi connectivity index (χ0v) is 32.4. The number of nitrogen functional groups attached to an aromatic ring is 1. The van der Waals surface area contributed by atoms with Crippen LogP contribution in [-0.4, -0.2) is 136 Å². The van der Waals surface area contributed by atoms with Gasteiger partial charge < -0.3 is 48.1 Å². The highest BCUT2D eigenvalue weighted by Gasteiger charge is 2.43. The molecule has 61 heavy (non-hydrogen) atoms.